The van der Waals surface area contributed by atoms with Crippen LogP contribution in [-0.4, -0.2) is 50.5 Å². The smallest absolute Gasteiger partial charge is 0.256 e. The molecule has 0 radical (unpaired) electrons. The number of nitrogens with zero attached hydrogens (tertiary/aromatic N) is 5. The van der Waals surface area contributed by atoms with Gasteiger partial charge < -0.3 is 19.1 Å². The van der Waals surface area contributed by atoms with Crippen molar-refractivity contribution in [1.29, 1.82) is 10.5 Å². The number of nitriles is 2. The molecule has 0 bridgehead atoms. The highest BCUT2D eigenvalue weighted by Crippen LogP contribution is 2.51. The SMILES string of the molecule is Bc1c(B)c(B)c(N(c2ccccc2)c2ccc(C#N)cc2-c2ccc3c(c2)N(c2ccc(C(C)(C)C)cc2-c2ccccc2)c2cc(-c4cc(C(C)(C)C)cc(C(C)(C)C)c4)cc4c2B3c2ccc(-c3cc(-n5c6ccc(C(C)(C)C)cc6c6cc(C(C)(C)C)ccc65)ccc3C#N)cc2O4)c(B)c1B. The number of fused-ring (bicyclic) bond motifs is 7. The minimum Gasteiger partial charge on any atom is -0.458 e. The van der Waals surface area contributed by atoms with Gasteiger partial charge in [0.15, 0.2) is 0 Å². The van der Waals surface area contributed by atoms with E-state index in [1.807, 2.05) is 12.1 Å². The van der Waals surface area contributed by atoms with E-state index in [-0.39, 0.29) is 33.8 Å². The maximum atomic E-state index is 11.2. The summed E-state index contributed by atoms with van der Waals surface area (Å²) in [5.74, 6) is 1.50. The van der Waals surface area contributed by atoms with Crippen LogP contribution in [0.2, 0.25) is 0 Å². The molecule has 0 unspecified atom stereocenters. The van der Waals surface area contributed by atoms with Gasteiger partial charge in [-0.15, -0.1) is 5.46 Å². The molecule has 106 heavy (non-hydrogen) atoms. The summed E-state index contributed by atoms with van der Waals surface area (Å²) in [5.41, 5.74) is 33.6. The Kier molecular flexibility index (Phi) is 17.2. The molecule has 12 aromatic carbocycles. The molecule has 3 heterocycles. The van der Waals surface area contributed by atoms with E-state index in [1.165, 1.54) is 65.9 Å². The Morgan fingerprint density at radius 3 is 1.47 bits per heavy atom. The normalized spacial score (nSPS) is 12.9. The minimum absolute atomic E-state index is 0.0520. The molecule has 2 aliphatic heterocycles. The van der Waals surface area contributed by atoms with Crippen LogP contribution in [0, 0.1) is 22.7 Å². The molecule has 0 spiro atoms. The minimum atomic E-state index is -0.317. The maximum Gasteiger partial charge on any atom is 0.256 e. The van der Waals surface area contributed by atoms with Gasteiger partial charge in [0.25, 0.3) is 6.71 Å². The number of hydrogen-bond acceptors (Lipinski definition) is 5. The predicted molar refractivity (Wildman–Crippen MR) is 467 cm³/mol. The third-order valence-electron chi connectivity index (χ3n) is 23.0. The summed E-state index contributed by atoms with van der Waals surface area (Å²) >= 11 is 0. The number of para-hydroxylation sites is 1. The highest BCUT2D eigenvalue weighted by atomic mass is 16.5. The first-order valence-corrected chi connectivity index (χ1v) is 37.6. The van der Waals surface area contributed by atoms with Crippen LogP contribution in [0.15, 0.2) is 218 Å². The van der Waals surface area contributed by atoms with Gasteiger partial charge in [0.05, 0.1) is 45.7 Å². The summed E-state index contributed by atoms with van der Waals surface area (Å²) in [6.45, 7) is 34.1. The average Bonchev–Trinajstić information content (AvgIpc) is 0.875. The molecule has 0 saturated carbocycles. The summed E-state index contributed by atoms with van der Waals surface area (Å²) in [6.07, 6.45) is 0. The van der Waals surface area contributed by atoms with Gasteiger partial charge in [0, 0.05) is 55.9 Å². The molecule has 0 amide bonds. The van der Waals surface area contributed by atoms with Gasteiger partial charge in [0.2, 0.25) is 0 Å². The van der Waals surface area contributed by atoms with E-state index in [2.05, 4.69) is 376 Å². The zero-order valence-electron chi connectivity index (χ0n) is 65.5. The first-order chi connectivity index (χ1) is 50.2. The monoisotopic (exact) mass is 1370 g/mol. The van der Waals surface area contributed by atoms with E-state index in [0.29, 0.717) is 11.1 Å². The molecule has 12 heteroatoms. The summed E-state index contributed by atoms with van der Waals surface area (Å²) < 4.78 is 10.1. The van der Waals surface area contributed by atoms with Crippen LogP contribution >= 0.6 is 0 Å². The van der Waals surface area contributed by atoms with Crippen LogP contribution in [0.1, 0.15) is 143 Å². The number of ether oxygens (including phenoxy) is 1. The number of benzene rings is 12. The second kappa shape index (κ2) is 25.8. The lowest BCUT2D eigenvalue weighted by atomic mass is 9.34. The zero-order chi connectivity index (χ0) is 75.2. The second-order valence-corrected chi connectivity index (χ2v) is 35.1. The molecule has 0 aliphatic carbocycles. The first-order valence-electron chi connectivity index (χ1n) is 37.6. The standard InChI is InChI=1S/C94H91B6N5O/c1-90(2,3)61-30-37-76(70(48-61)55-22-18-16-19-23-55)105-79-43-56(69-40-54(52-101)26-36-75(69)104(66-24-20-17-21-25-66)89-86(98)84(96)83(95)85(97)87(89)99)28-34-73(79)100-74-35-29-57(45-81(74)106-82-46-60(44-80(105)88(82)100)59-41-64(93(10,11)12)47-65(42-59)94(13,14)15)68-51-67(33-27-58(68)53-102)103-77-38-31-62(91(4,5)6)49-71(77)72-50-63(92(7,8)9)32-39-78(72)103/h16-51H,95-99H2,1-15H3. The fraction of sp³-hybridized carbons (Fsp3) is 0.213. The Bertz CT molecular complexity index is 5750. The summed E-state index contributed by atoms with van der Waals surface area (Å²) in [5, 5.41) is 24.7. The Balaban J connectivity index is 1.01. The second-order valence-electron chi connectivity index (χ2n) is 35.1. The molecule has 13 aromatic rings. The Morgan fingerprint density at radius 1 is 0.377 bits per heavy atom. The van der Waals surface area contributed by atoms with Crippen molar-refractivity contribution < 1.29 is 4.74 Å². The lowest BCUT2D eigenvalue weighted by Crippen LogP contribution is -2.59. The number of rotatable bonds is 9. The topological polar surface area (TPSA) is 68.2 Å². The van der Waals surface area contributed by atoms with Crippen molar-refractivity contribution in [3.8, 4) is 73.8 Å². The van der Waals surface area contributed by atoms with Crippen molar-refractivity contribution >= 4 is 146 Å². The molecule has 0 N–H and O–H groups in total. The molecular formula is C94H91B6N5O. The fourth-order valence-corrected chi connectivity index (χ4v) is 16.3. The molecule has 2 aliphatic rings. The van der Waals surface area contributed by atoms with Crippen LogP contribution in [0.5, 0.6) is 11.5 Å². The van der Waals surface area contributed by atoms with Crippen molar-refractivity contribution in [2.24, 2.45) is 0 Å². The quantitative estimate of drug-likeness (QED) is 0.135. The van der Waals surface area contributed by atoms with Crippen LogP contribution in [0.25, 0.3) is 72.0 Å². The maximum absolute atomic E-state index is 11.2. The van der Waals surface area contributed by atoms with E-state index in [1.54, 1.807) is 0 Å². The van der Waals surface area contributed by atoms with Crippen molar-refractivity contribution in [3.05, 3.63) is 257 Å². The van der Waals surface area contributed by atoms with E-state index < -0.39 is 0 Å². The van der Waals surface area contributed by atoms with Gasteiger partial charge in [-0.05, 0) is 208 Å². The van der Waals surface area contributed by atoms with Crippen LogP contribution in [0.3, 0.4) is 0 Å². The highest BCUT2D eigenvalue weighted by Gasteiger charge is 2.44. The Hall–Kier alpha value is -10.8. The number of aromatic nitrogens is 1. The molecule has 1 aromatic heterocycles. The van der Waals surface area contributed by atoms with E-state index in [4.69, 9.17) is 4.74 Å². The van der Waals surface area contributed by atoms with E-state index in [9.17, 15) is 10.5 Å². The molecule has 15 rings (SSSR count). The fourth-order valence-electron chi connectivity index (χ4n) is 16.3. The molecule has 0 saturated heterocycles. The van der Waals surface area contributed by atoms with Gasteiger partial charge in [-0.2, -0.15) is 10.5 Å². The van der Waals surface area contributed by atoms with Crippen molar-refractivity contribution in [2.75, 3.05) is 9.80 Å². The lowest BCUT2D eigenvalue weighted by Gasteiger charge is -2.41. The lowest BCUT2D eigenvalue weighted by molar-refractivity contribution is 0.488. The van der Waals surface area contributed by atoms with Gasteiger partial charge in [-0.1, -0.05) is 235 Å². The van der Waals surface area contributed by atoms with E-state index in [0.717, 1.165) is 123 Å². The largest absolute Gasteiger partial charge is 0.458 e. The van der Waals surface area contributed by atoms with Crippen LogP contribution in [-0.2, 0) is 27.1 Å². The average molecular weight is 1370 g/mol. The van der Waals surface area contributed by atoms with Gasteiger partial charge in [-0.3, -0.25) is 0 Å². The van der Waals surface area contributed by atoms with Crippen molar-refractivity contribution in [1.82, 2.24) is 4.57 Å². The highest BCUT2D eigenvalue weighted by molar-refractivity contribution is 6.99. The number of hydrogen-bond donors (Lipinski definition) is 0. The molecule has 6 nitrogen and oxygen atoms in total. The van der Waals surface area contributed by atoms with Crippen LogP contribution in [0.4, 0.5) is 34.1 Å². The van der Waals surface area contributed by atoms with Gasteiger partial charge in [-0.25, -0.2) is 0 Å². The molecule has 0 fully saturated rings. The molecule has 516 valence electrons. The zero-order valence-corrected chi connectivity index (χ0v) is 65.5. The first kappa shape index (κ1) is 70.9. The molecule has 0 atom stereocenters. The molecular weight excluding hydrogens is 1280 g/mol. The third kappa shape index (κ3) is 12.3. The van der Waals surface area contributed by atoms with Crippen molar-refractivity contribution in [3.63, 3.8) is 0 Å². The summed E-state index contributed by atoms with van der Waals surface area (Å²) in [7, 11) is 11.2. The van der Waals surface area contributed by atoms with Crippen LogP contribution < -0.4 is 58.2 Å². The van der Waals surface area contributed by atoms with Gasteiger partial charge >= 0.3 is 0 Å². The predicted octanol–water partition coefficient (Wildman–Crippen LogP) is 14.8. The summed E-state index contributed by atoms with van der Waals surface area (Å²) in [6, 6.07) is 85.9. The number of anilines is 6. The Labute approximate surface area is 633 Å². The summed E-state index contributed by atoms with van der Waals surface area (Å²) in [4.78, 5) is 4.96. The Morgan fingerprint density at radius 2 is 0.896 bits per heavy atom. The third-order valence-corrected chi connectivity index (χ3v) is 23.0. The van der Waals surface area contributed by atoms with Crippen molar-refractivity contribution in [2.45, 2.75) is 131 Å². The van der Waals surface area contributed by atoms with Gasteiger partial charge in [0.1, 0.15) is 50.7 Å². The van der Waals surface area contributed by atoms with E-state index >= 15 is 0 Å².